The zero-order valence-corrected chi connectivity index (χ0v) is 20.3. The van der Waals surface area contributed by atoms with Crippen molar-refractivity contribution in [2.75, 3.05) is 0 Å². The molecule has 0 aliphatic carbocycles. The molecule has 0 atom stereocenters. The number of ketones is 1. The summed E-state index contributed by atoms with van der Waals surface area (Å²) in [5.74, 6) is -0.768. The van der Waals surface area contributed by atoms with E-state index in [1.807, 2.05) is 0 Å². The van der Waals surface area contributed by atoms with E-state index in [1.54, 1.807) is 30.3 Å². The van der Waals surface area contributed by atoms with Gasteiger partial charge >= 0.3 is 5.63 Å². The molecule has 0 fully saturated rings. The number of primary sulfonamides is 1. The highest BCUT2D eigenvalue weighted by Crippen LogP contribution is 2.26. The van der Waals surface area contributed by atoms with Crippen LogP contribution >= 0.6 is 0 Å². The summed E-state index contributed by atoms with van der Waals surface area (Å²) in [6.45, 7) is 1.25. The molecular formula is C25H16N6O6S. The fraction of sp³-hybridized carbons (Fsp3) is 0.0400. The Morgan fingerprint density at radius 2 is 1.74 bits per heavy atom. The van der Waals surface area contributed by atoms with Crippen LogP contribution in [0.4, 0.5) is 0 Å². The van der Waals surface area contributed by atoms with Crippen molar-refractivity contribution in [1.82, 2.24) is 24.1 Å². The lowest BCUT2D eigenvalue weighted by atomic mass is 10.0. The number of carbonyl (C=O) groups excluding carboxylic acids is 1. The maximum Gasteiger partial charge on any atom is 0.344 e. The van der Waals surface area contributed by atoms with Crippen LogP contribution in [0.15, 0.2) is 85.8 Å². The van der Waals surface area contributed by atoms with Crippen LogP contribution in [0, 0.1) is 0 Å². The third-order valence-corrected chi connectivity index (χ3v) is 6.94. The number of rotatable bonds is 4. The highest BCUT2D eigenvalue weighted by atomic mass is 32.2. The van der Waals surface area contributed by atoms with Crippen LogP contribution in [0.5, 0.6) is 0 Å². The fourth-order valence-electron chi connectivity index (χ4n) is 4.26. The third-order valence-electron chi connectivity index (χ3n) is 6.01. The Balaban J connectivity index is 1.67. The summed E-state index contributed by atoms with van der Waals surface area (Å²) in [5.41, 5.74) is -0.231. The van der Waals surface area contributed by atoms with Crippen LogP contribution < -0.4 is 16.3 Å². The van der Waals surface area contributed by atoms with Gasteiger partial charge in [0.1, 0.15) is 5.58 Å². The maximum absolute atomic E-state index is 13.9. The second-order valence-corrected chi connectivity index (χ2v) is 9.99. The minimum absolute atomic E-state index is 0.000737. The van der Waals surface area contributed by atoms with Crippen molar-refractivity contribution >= 4 is 43.6 Å². The molecule has 0 aliphatic rings. The molecule has 188 valence electrons. The molecule has 2 N–H and O–H groups in total. The van der Waals surface area contributed by atoms with E-state index < -0.39 is 27.0 Å². The summed E-state index contributed by atoms with van der Waals surface area (Å²) < 4.78 is 31.0. The van der Waals surface area contributed by atoms with Gasteiger partial charge in [0.05, 0.1) is 21.5 Å². The molecule has 0 aliphatic heterocycles. The van der Waals surface area contributed by atoms with Crippen LogP contribution in [-0.4, -0.2) is 38.4 Å². The van der Waals surface area contributed by atoms with Gasteiger partial charge in [-0.05, 0) is 42.5 Å². The normalized spacial score (nSPS) is 11.9. The molecule has 12 nitrogen and oxygen atoms in total. The minimum atomic E-state index is -3.93. The van der Waals surface area contributed by atoms with Crippen LogP contribution in [0.3, 0.4) is 0 Å². The standard InChI is InChI=1S/C25H16N6O6S/c1-13(32)22-29-31(15-6-8-16(9-7-15)38(26,35)36)25-28-21-20(23(33)30(22)25)17(10-11-27-21)18-12-14-4-2-3-5-19(14)37-24(18)34/h2-12H,1H3,(H2,26,35,36). The maximum atomic E-state index is 13.9. The average molecular weight is 529 g/mol. The fourth-order valence-corrected chi connectivity index (χ4v) is 4.78. The number of nitrogens with zero attached hydrogens (tertiary/aromatic N) is 5. The first-order valence-corrected chi connectivity index (χ1v) is 12.7. The first-order valence-electron chi connectivity index (χ1n) is 11.1. The number of nitrogens with two attached hydrogens (primary N) is 1. The van der Waals surface area contributed by atoms with E-state index in [1.165, 1.54) is 48.1 Å². The monoisotopic (exact) mass is 528 g/mol. The molecule has 6 aromatic rings. The number of hydrogen-bond acceptors (Lipinski definition) is 9. The largest absolute Gasteiger partial charge is 0.422 e. The van der Waals surface area contributed by atoms with Gasteiger partial charge in [-0.25, -0.2) is 27.7 Å². The van der Waals surface area contributed by atoms with Crippen molar-refractivity contribution < 1.29 is 17.6 Å². The topological polar surface area (TPSA) is 173 Å². The van der Waals surface area contributed by atoms with Crippen LogP contribution in [-0.2, 0) is 10.0 Å². The molecule has 0 bridgehead atoms. The number of fused-ring (bicyclic) bond motifs is 3. The Bertz CT molecular complexity index is 2180. The lowest BCUT2D eigenvalue weighted by Crippen LogP contribution is -2.20. The highest BCUT2D eigenvalue weighted by molar-refractivity contribution is 7.89. The number of benzene rings is 2. The van der Waals surface area contributed by atoms with Gasteiger partial charge in [0.15, 0.2) is 11.4 Å². The Labute approximate surface area is 212 Å². The van der Waals surface area contributed by atoms with E-state index in [0.29, 0.717) is 16.7 Å². The van der Waals surface area contributed by atoms with Gasteiger partial charge in [0.25, 0.3) is 5.56 Å². The third kappa shape index (κ3) is 3.60. The highest BCUT2D eigenvalue weighted by Gasteiger charge is 2.23. The Hall–Kier alpha value is -5.01. The van der Waals surface area contributed by atoms with Crippen molar-refractivity contribution in [3.05, 3.63) is 93.5 Å². The van der Waals surface area contributed by atoms with Gasteiger partial charge in [-0.1, -0.05) is 18.2 Å². The smallest absolute Gasteiger partial charge is 0.344 e. The van der Waals surface area contributed by atoms with Crippen molar-refractivity contribution in [2.24, 2.45) is 5.14 Å². The Kier molecular flexibility index (Phi) is 5.08. The van der Waals surface area contributed by atoms with Crippen molar-refractivity contribution in [1.29, 1.82) is 0 Å². The molecule has 4 aromatic heterocycles. The van der Waals surface area contributed by atoms with Gasteiger partial charge in [0, 0.05) is 24.1 Å². The van der Waals surface area contributed by atoms with Gasteiger partial charge in [0.2, 0.25) is 21.6 Å². The van der Waals surface area contributed by atoms with E-state index in [-0.39, 0.29) is 38.7 Å². The molecule has 38 heavy (non-hydrogen) atoms. The number of Topliss-reactive ketones (excluding diaryl/α,β-unsaturated/α-hetero) is 1. The van der Waals surface area contributed by atoms with Crippen molar-refractivity contribution in [2.45, 2.75) is 11.8 Å². The summed E-state index contributed by atoms with van der Waals surface area (Å²) >= 11 is 0. The molecule has 0 amide bonds. The van der Waals surface area contributed by atoms with Crippen LogP contribution in [0.1, 0.15) is 17.5 Å². The van der Waals surface area contributed by atoms with Gasteiger partial charge in [-0.2, -0.15) is 9.67 Å². The number of hydrogen-bond donors (Lipinski definition) is 1. The average Bonchev–Trinajstić information content (AvgIpc) is 3.28. The summed E-state index contributed by atoms with van der Waals surface area (Å²) in [6.07, 6.45) is 1.41. The molecule has 0 saturated carbocycles. The quantitative estimate of drug-likeness (QED) is 0.265. The number of para-hydroxylation sites is 1. The van der Waals surface area contributed by atoms with E-state index in [0.717, 1.165) is 4.40 Å². The molecule has 6 rings (SSSR count). The number of pyridine rings is 1. The van der Waals surface area contributed by atoms with E-state index in [4.69, 9.17) is 9.56 Å². The van der Waals surface area contributed by atoms with Crippen molar-refractivity contribution in [3.8, 4) is 16.8 Å². The summed E-state index contributed by atoms with van der Waals surface area (Å²) in [5, 5.41) is 10.1. The molecule has 4 heterocycles. The van der Waals surface area contributed by atoms with Crippen LogP contribution in [0.25, 0.3) is 44.6 Å². The zero-order valence-electron chi connectivity index (χ0n) is 19.5. The second-order valence-electron chi connectivity index (χ2n) is 8.43. The molecule has 0 spiro atoms. The van der Waals surface area contributed by atoms with Crippen molar-refractivity contribution in [3.63, 3.8) is 0 Å². The summed E-state index contributed by atoms with van der Waals surface area (Å²) in [7, 11) is -3.93. The first kappa shape index (κ1) is 23.4. The van der Waals surface area contributed by atoms with Gasteiger partial charge < -0.3 is 4.42 Å². The summed E-state index contributed by atoms with van der Waals surface area (Å²) in [6, 6.07) is 15.4. The first-order chi connectivity index (χ1) is 18.1. The lowest BCUT2D eigenvalue weighted by Gasteiger charge is -2.07. The van der Waals surface area contributed by atoms with Gasteiger partial charge in [-0.3, -0.25) is 9.59 Å². The molecule has 0 radical (unpaired) electrons. The van der Waals surface area contributed by atoms with Gasteiger partial charge in [-0.15, -0.1) is 5.10 Å². The SMILES string of the molecule is CC(=O)c1nn(-c2ccc(S(N)(=O)=O)cc2)c2nc3nccc(-c4cc5ccccc5oc4=O)c3c(=O)n12. The molecule has 13 heteroatoms. The zero-order chi connectivity index (χ0) is 26.8. The van der Waals surface area contributed by atoms with E-state index in [2.05, 4.69) is 15.1 Å². The number of aromatic nitrogens is 5. The molecule has 0 saturated heterocycles. The molecular weight excluding hydrogens is 512 g/mol. The predicted molar refractivity (Wildman–Crippen MR) is 137 cm³/mol. The number of carbonyl (C=O) groups is 1. The molecule has 0 unspecified atom stereocenters. The predicted octanol–water partition coefficient (Wildman–Crippen LogP) is 2.05. The Morgan fingerprint density at radius 1 is 1.00 bits per heavy atom. The number of sulfonamides is 1. The second kappa shape index (κ2) is 8.26. The van der Waals surface area contributed by atoms with E-state index in [9.17, 15) is 22.8 Å². The summed E-state index contributed by atoms with van der Waals surface area (Å²) in [4.78, 5) is 47.8. The lowest BCUT2D eigenvalue weighted by molar-refractivity contribution is 0.100. The van der Waals surface area contributed by atoms with E-state index >= 15 is 0 Å². The Morgan fingerprint density at radius 3 is 2.45 bits per heavy atom. The minimum Gasteiger partial charge on any atom is -0.422 e. The van der Waals surface area contributed by atoms with Crippen LogP contribution in [0.2, 0.25) is 0 Å². The molecule has 2 aromatic carbocycles.